The highest BCUT2D eigenvalue weighted by atomic mass is 79.9. The molecule has 1 aliphatic heterocycles. The van der Waals surface area contributed by atoms with Crippen LogP contribution in [0.3, 0.4) is 0 Å². The summed E-state index contributed by atoms with van der Waals surface area (Å²) >= 11 is 6.65. The summed E-state index contributed by atoms with van der Waals surface area (Å²) in [6, 6.07) is 14.3. The number of halogens is 2. The van der Waals surface area contributed by atoms with Gasteiger partial charge in [0.25, 0.3) is 0 Å². The lowest BCUT2D eigenvalue weighted by Crippen LogP contribution is -2.39. The number of allylic oxidation sites excluding steroid dienone is 6. The molecule has 39 heavy (non-hydrogen) atoms. The van der Waals surface area contributed by atoms with Gasteiger partial charge < -0.3 is 9.84 Å². The summed E-state index contributed by atoms with van der Waals surface area (Å²) in [5.41, 5.74) is 3.03. The minimum atomic E-state index is -0.627. The summed E-state index contributed by atoms with van der Waals surface area (Å²) in [5.74, 6) is -2.53. The fourth-order valence-electron chi connectivity index (χ4n) is 6.35. The van der Waals surface area contributed by atoms with Gasteiger partial charge in [0.1, 0.15) is 12.4 Å². The summed E-state index contributed by atoms with van der Waals surface area (Å²) in [7, 11) is 0. The van der Waals surface area contributed by atoms with E-state index in [1.165, 1.54) is 11.0 Å². The van der Waals surface area contributed by atoms with Crippen LogP contribution in [0.5, 0.6) is 5.75 Å². The van der Waals surface area contributed by atoms with Crippen molar-refractivity contribution >= 4 is 60.9 Å². The van der Waals surface area contributed by atoms with Crippen LogP contribution in [0.15, 0.2) is 86.4 Å². The van der Waals surface area contributed by atoms with Crippen molar-refractivity contribution in [1.29, 1.82) is 0 Å². The predicted octanol–water partition coefficient (Wildman–Crippen LogP) is 4.79. The molecular formula is C30H23Br2NO6. The third-order valence-corrected chi connectivity index (χ3v) is 9.11. The Bertz CT molecular complexity index is 1500. The average molecular weight is 653 g/mol. The van der Waals surface area contributed by atoms with Gasteiger partial charge in [-0.2, -0.15) is 0 Å². The Hall–Kier alpha value is -3.14. The molecule has 4 aliphatic rings. The van der Waals surface area contributed by atoms with Gasteiger partial charge >= 0.3 is 0 Å². The molecule has 0 aromatic heterocycles. The van der Waals surface area contributed by atoms with Crippen LogP contribution in [0.25, 0.3) is 0 Å². The van der Waals surface area contributed by atoms with Crippen molar-refractivity contribution < 1.29 is 29.0 Å². The Labute approximate surface area is 241 Å². The van der Waals surface area contributed by atoms with Crippen LogP contribution < -0.4 is 9.64 Å². The largest absolute Gasteiger partial charge is 0.491 e. The number of nitrogens with zero attached hydrogens (tertiary/aromatic N) is 1. The van der Waals surface area contributed by atoms with Gasteiger partial charge in [0.15, 0.2) is 11.6 Å². The number of benzene rings is 2. The van der Waals surface area contributed by atoms with Crippen LogP contribution in [0.4, 0.5) is 5.69 Å². The Morgan fingerprint density at radius 2 is 1.64 bits per heavy atom. The molecule has 4 unspecified atom stereocenters. The number of ether oxygens (including phenoxy) is 1. The lowest BCUT2D eigenvalue weighted by atomic mass is 9.59. The normalized spacial score (nSPS) is 26.2. The quantitative estimate of drug-likeness (QED) is 0.283. The van der Waals surface area contributed by atoms with E-state index < -0.39 is 23.7 Å². The second kappa shape index (κ2) is 10.1. The third kappa shape index (κ3) is 4.27. The molecule has 0 bridgehead atoms. The molecule has 1 saturated heterocycles. The second-order valence-electron chi connectivity index (χ2n) is 10.0. The van der Waals surface area contributed by atoms with E-state index in [-0.39, 0.29) is 47.5 Å². The SMILES string of the molecule is O=C1C=C(Br)C(=O)C2=C1C(c1ccc(OCCO)cc1)C1=CCC3C(=O)N(c4ccc(Br)cc4)C(=O)C3C1C2. The molecule has 0 saturated carbocycles. The average Bonchev–Trinajstić information content (AvgIpc) is 3.20. The molecule has 2 amide bonds. The van der Waals surface area contributed by atoms with Crippen molar-refractivity contribution in [3.05, 3.63) is 91.9 Å². The number of amides is 2. The minimum Gasteiger partial charge on any atom is -0.491 e. The fraction of sp³-hybridized carbons (Fsp3) is 0.267. The number of hydrogen-bond donors (Lipinski definition) is 1. The smallest absolute Gasteiger partial charge is 0.238 e. The predicted molar refractivity (Wildman–Crippen MR) is 150 cm³/mol. The van der Waals surface area contributed by atoms with Crippen LogP contribution in [0, 0.1) is 17.8 Å². The fourth-order valence-corrected chi connectivity index (χ4v) is 7.06. The maximum absolute atomic E-state index is 13.9. The summed E-state index contributed by atoms with van der Waals surface area (Å²) in [4.78, 5) is 55.3. The molecule has 198 valence electrons. The minimum absolute atomic E-state index is 0.112. The van der Waals surface area contributed by atoms with Gasteiger partial charge in [-0.3, -0.25) is 24.1 Å². The zero-order chi connectivity index (χ0) is 27.4. The highest BCUT2D eigenvalue weighted by Crippen LogP contribution is 2.55. The highest BCUT2D eigenvalue weighted by Gasteiger charge is 2.56. The summed E-state index contributed by atoms with van der Waals surface area (Å²) in [6.45, 7) is 0.0464. The van der Waals surface area contributed by atoms with Crippen molar-refractivity contribution in [3.8, 4) is 5.75 Å². The van der Waals surface area contributed by atoms with E-state index in [1.807, 2.05) is 18.2 Å². The van der Waals surface area contributed by atoms with Gasteiger partial charge in [-0.25, -0.2) is 0 Å². The van der Waals surface area contributed by atoms with E-state index in [4.69, 9.17) is 9.84 Å². The third-order valence-electron chi connectivity index (χ3n) is 7.99. The highest BCUT2D eigenvalue weighted by molar-refractivity contribution is 9.12. The maximum atomic E-state index is 13.9. The van der Waals surface area contributed by atoms with Crippen molar-refractivity contribution in [2.45, 2.75) is 18.8 Å². The van der Waals surface area contributed by atoms with E-state index in [0.717, 1.165) is 15.6 Å². The molecule has 9 heteroatoms. The monoisotopic (exact) mass is 651 g/mol. The van der Waals surface area contributed by atoms with Crippen molar-refractivity contribution in [2.24, 2.45) is 17.8 Å². The first-order valence-electron chi connectivity index (χ1n) is 12.7. The molecule has 1 fully saturated rings. The number of carbonyl (C=O) groups excluding carboxylic acids is 4. The van der Waals surface area contributed by atoms with Gasteiger partial charge in [0.2, 0.25) is 11.8 Å². The van der Waals surface area contributed by atoms with Crippen LogP contribution in [0.2, 0.25) is 0 Å². The topological polar surface area (TPSA) is 101 Å². The number of aliphatic hydroxyl groups is 1. The van der Waals surface area contributed by atoms with Crippen LogP contribution in [0.1, 0.15) is 24.3 Å². The molecule has 6 rings (SSSR count). The number of Topliss-reactive ketones (excluding diaryl/α,β-unsaturated/α-hetero) is 1. The Morgan fingerprint density at radius 1 is 0.923 bits per heavy atom. The molecule has 0 spiro atoms. The van der Waals surface area contributed by atoms with E-state index in [1.54, 1.807) is 36.4 Å². The van der Waals surface area contributed by atoms with Gasteiger partial charge in [0, 0.05) is 27.6 Å². The number of hydrogen-bond acceptors (Lipinski definition) is 6. The van der Waals surface area contributed by atoms with Gasteiger partial charge in [-0.05, 0) is 76.7 Å². The molecule has 2 aromatic carbocycles. The molecule has 0 radical (unpaired) electrons. The molecule has 7 nitrogen and oxygen atoms in total. The van der Waals surface area contributed by atoms with Crippen LogP contribution in [-0.2, 0) is 19.2 Å². The van der Waals surface area contributed by atoms with Gasteiger partial charge in [-0.1, -0.05) is 39.7 Å². The number of fused-ring (bicyclic) bond motifs is 3. The van der Waals surface area contributed by atoms with E-state index in [9.17, 15) is 19.2 Å². The first-order chi connectivity index (χ1) is 18.8. The van der Waals surface area contributed by atoms with Gasteiger partial charge in [-0.15, -0.1) is 0 Å². The first kappa shape index (κ1) is 26.1. The number of aliphatic hydroxyl groups excluding tert-OH is 1. The van der Waals surface area contributed by atoms with E-state index in [0.29, 0.717) is 29.0 Å². The first-order valence-corrected chi connectivity index (χ1v) is 14.2. The van der Waals surface area contributed by atoms with Crippen LogP contribution >= 0.6 is 31.9 Å². The number of carbonyl (C=O) groups is 4. The summed E-state index contributed by atoms with van der Waals surface area (Å²) < 4.78 is 6.54. The van der Waals surface area contributed by atoms with Crippen molar-refractivity contribution in [2.75, 3.05) is 18.1 Å². The van der Waals surface area contributed by atoms with E-state index in [2.05, 4.69) is 31.9 Å². The zero-order valence-corrected chi connectivity index (χ0v) is 23.8. The number of imide groups is 1. The maximum Gasteiger partial charge on any atom is 0.238 e. The van der Waals surface area contributed by atoms with Crippen molar-refractivity contribution in [1.82, 2.24) is 0 Å². The van der Waals surface area contributed by atoms with Crippen molar-refractivity contribution in [3.63, 3.8) is 0 Å². The van der Waals surface area contributed by atoms with Gasteiger partial charge in [0.05, 0.1) is 28.6 Å². The molecule has 1 N–H and O–H groups in total. The molecular weight excluding hydrogens is 630 g/mol. The molecule has 3 aliphatic carbocycles. The molecule has 2 aromatic rings. The number of ketones is 2. The lowest BCUT2D eigenvalue weighted by molar-refractivity contribution is -0.123. The number of anilines is 1. The molecule has 4 atom stereocenters. The van der Waals surface area contributed by atoms with Crippen LogP contribution in [-0.4, -0.2) is 41.7 Å². The standard InChI is InChI=1S/C30H23Br2NO6/c31-16-3-5-17(6-4-16)33-29(37)20-10-9-19-21(26(20)30(33)38)13-22-27(24(35)14-23(32)28(22)36)25(19)15-1-7-18(8-2-15)39-12-11-34/h1-9,14,20-21,25-26,34H,10-13H2. The molecule has 1 heterocycles. The van der Waals surface area contributed by atoms with E-state index >= 15 is 0 Å². The lowest BCUT2D eigenvalue weighted by Gasteiger charge is -2.42. The second-order valence-corrected chi connectivity index (χ2v) is 11.8. The summed E-state index contributed by atoms with van der Waals surface area (Å²) in [6.07, 6.45) is 3.92. The summed E-state index contributed by atoms with van der Waals surface area (Å²) in [5, 5.41) is 9.06. The zero-order valence-electron chi connectivity index (χ0n) is 20.6. The number of rotatable bonds is 5. The Balaban J connectivity index is 1.43. The Kier molecular flexibility index (Phi) is 6.77. The Morgan fingerprint density at radius 3 is 2.33 bits per heavy atom.